The fourth-order valence-corrected chi connectivity index (χ4v) is 5.45. The molecule has 4 rings (SSSR count). The van der Waals surface area contributed by atoms with E-state index >= 15 is 0 Å². The van der Waals surface area contributed by atoms with E-state index in [2.05, 4.69) is 10.6 Å². The van der Waals surface area contributed by atoms with Gasteiger partial charge >= 0.3 is 7.60 Å². The molecule has 0 radical (unpaired) electrons. The second-order valence-electron chi connectivity index (χ2n) is 7.66. The number of nitrogens with two attached hydrogens (primary N) is 1. The van der Waals surface area contributed by atoms with Crippen molar-refractivity contribution in [2.75, 3.05) is 23.8 Å². The van der Waals surface area contributed by atoms with Gasteiger partial charge in [-0.15, -0.1) is 0 Å². The SMILES string of the molecule is CCOP(=O)(OCC)c1ccc2c(c1)/C(=C(/Nc1ccc(CN)cc1)c1ccccc1)C(=O)N2. The van der Waals surface area contributed by atoms with E-state index in [9.17, 15) is 9.36 Å². The van der Waals surface area contributed by atoms with E-state index in [0.717, 1.165) is 16.8 Å². The first-order chi connectivity index (χ1) is 16.5. The molecule has 0 saturated heterocycles. The zero-order chi connectivity index (χ0) is 24.1. The summed E-state index contributed by atoms with van der Waals surface area (Å²) in [6.45, 7) is 4.46. The number of amides is 1. The van der Waals surface area contributed by atoms with E-state index in [4.69, 9.17) is 14.8 Å². The number of rotatable bonds is 9. The number of nitrogens with one attached hydrogen (secondary N) is 2. The smallest absolute Gasteiger partial charge is 0.354 e. The van der Waals surface area contributed by atoms with Gasteiger partial charge in [0.15, 0.2) is 0 Å². The first-order valence-electron chi connectivity index (χ1n) is 11.2. The summed E-state index contributed by atoms with van der Waals surface area (Å²) in [6, 6.07) is 22.5. The molecule has 1 heterocycles. The normalized spacial score (nSPS) is 14.5. The summed E-state index contributed by atoms with van der Waals surface area (Å²) >= 11 is 0. The van der Waals surface area contributed by atoms with E-state index in [1.54, 1.807) is 32.0 Å². The van der Waals surface area contributed by atoms with Crippen molar-refractivity contribution in [3.63, 3.8) is 0 Å². The average molecular weight is 478 g/mol. The van der Waals surface area contributed by atoms with Crippen molar-refractivity contribution in [2.45, 2.75) is 20.4 Å². The molecule has 0 aromatic heterocycles. The third kappa shape index (κ3) is 4.83. The third-order valence-electron chi connectivity index (χ3n) is 5.43. The molecule has 0 spiro atoms. The molecule has 1 aliphatic rings. The van der Waals surface area contributed by atoms with Gasteiger partial charge in [-0.1, -0.05) is 42.5 Å². The number of anilines is 2. The Labute approximate surface area is 199 Å². The van der Waals surface area contributed by atoms with Crippen LogP contribution in [0.15, 0.2) is 72.8 Å². The molecule has 4 N–H and O–H groups in total. The van der Waals surface area contributed by atoms with Crippen LogP contribution in [-0.2, 0) is 25.0 Å². The molecule has 3 aromatic carbocycles. The Bertz CT molecular complexity index is 1250. The third-order valence-corrected chi connectivity index (χ3v) is 7.54. The zero-order valence-corrected chi connectivity index (χ0v) is 20.1. The van der Waals surface area contributed by atoms with E-state index in [1.807, 2.05) is 54.6 Å². The van der Waals surface area contributed by atoms with Crippen LogP contribution in [0.5, 0.6) is 0 Å². The van der Waals surface area contributed by atoms with Crippen LogP contribution in [0.1, 0.15) is 30.5 Å². The highest BCUT2D eigenvalue weighted by atomic mass is 31.2. The van der Waals surface area contributed by atoms with Gasteiger partial charge in [0.05, 0.1) is 29.8 Å². The summed E-state index contributed by atoms with van der Waals surface area (Å²) in [5, 5.41) is 6.74. The Kier molecular flexibility index (Phi) is 7.29. The predicted octanol–water partition coefficient (Wildman–Crippen LogP) is 4.97. The van der Waals surface area contributed by atoms with Gasteiger partial charge in [-0.05, 0) is 55.3 Å². The molecule has 0 atom stereocenters. The predicted molar refractivity (Wildman–Crippen MR) is 137 cm³/mol. The quantitative estimate of drug-likeness (QED) is 0.297. The van der Waals surface area contributed by atoms with Gasteiger partial charge in [0, 0.05) is 23.5 Å². The van der Waals surface area contributed by atoms with Gasteiger partial charge in [0.2, 0.25) is 0 Å². The van der Waals surface area contributed by atoms with E-state index in [-0.39, 0.29) is 19.1 Å². The van der Waals surface area contributed by atoms with Crippen LogP contribution in [0, 0.1) is 0 Å². The summed E-state index contributed by atoms with van der Waals surface area (Å²) < 4.78 is 24.5. The molecule has 0 bridgehead atoms. The summed E-state index contributed by atoms with van der Waals surface area (Å²) in [5.41, 5.74) is 10.7. The molecular weight excluding hydrogens is 449 g/mol. The lowest BCUT2D eigenvalue weighted by Gasteiger charge is -2.18. The van der Waals surface area contributed by atoms with Gasteiger partial charge < -0.3 is 25.4 Å². The highest BCUT2D eigenvalue weighted by molar-refractivity contribution is 7.62. The molecule has 176 valence electrons. The van der Waals surface area contributed by atoms with Gasteiger partial charge in [-0.2, -0.15) is 0 Å². The molecule has 34 heavy (non-hydrogen) atoms. The number of benzene rings is 3. The topological polar surface area (TPSA) is 103 Å². The lowest BCUT2D eigenvalue weighted by molar-refractivity contribution is -0.110. The summed E-state index contributed by atoms with van der Waals surface area (Å²) in [6.07, 6.45) is 0. The Balaban J connectivity index is 1.87. The second kappa shape index (κ2) is 10.4. The molecule has 1 aliphatic heterocycles. The number of hydrogen-bond donors (Lipinski definition) is 3. The molecule has 0 fully saturated rings. The molecule has 0 unspecified atom stereocenters. The van der Waals surface area contributed by atoms with Crippen LogP contribution in [0.3, 0.4) is 0 Å². The zero-order valence-electron chi connectivity index (χ0n) is 19.2. The van der Waals surface area contributed by atoms with Crippen LogP contribution in [0.2, 0.25) is 0 Å². The van der Waals surface area contributed by atoms with Crippen LogP contribution in [0.25, 0.3) is 11.3 Å². The highest BCUT2D eigenvalue weighted by Crippen LogP contribution is 2.48. The van der Waals surface area contributed by atoms with Crippen LogP contribution in [-0.4, -0.2) is 19.1 Å². The number of hydrogen-bond acceptors (Lipinski definition) is 6. The van der Waals surface area contributed by atoms with Crippen LogP contribution < -0.4 is 21.7 Å². The minimum absolute atomic E-state index is 0.240. The van der Waals surface area contributed by atoms with Crippen molar-refractivity contribution in [2.24, 2.45) is 5.73 Å². The van der Waals surface area contributed by atoms with Gasteiger partial charge in [-0.3, -0.25) is 9.36 Å². The Morgan fingerprint density at radius 1 is 0.971 bits per heavy atom. The lowest BCUT2D eigenvalue weighted by atomic mass is 10.00. The molecule has 1 amide bonds. The monoisotopic (exact) mass is 477 g/mol. The fourth-order valence-electron chi connectivity index (χ4n) is 3.85. The molecule has 3 aromatic rings. The Morgan fingerprint density at radius 2 is 1.65 bits per heavy atom. The molecule has 7 nitrogen and oxygen atoms in total. The van der Waals surface area contributed by atoms with Crippen molar-refractivity contribution in [1.82, 2.24) is 0 Å². The highest BCUT2D eigenvalue weighted by Gasteiger charge is 2.33. The minimum atomic E-state index is -3.52. The van der Waals surface area contributed by atoms with Gasteiger partial charge in [0.25, 0.3) is 5.91 Å². The van der Waals surface area contributed by atoms with Crippen LogP contribution in [0.4, 0.5) is 11.4 Å². The number of carbonyl (C=O) groups excluding carboxylic acids is 1. The van der Waals surface area contributed by atoms with E-state index < -0.39 is 7.60 Å². The van der Waals surface area contributed by atoms with E-state index in [1.165, 1.54) is 0 Å². The average Bonchev–Trinajstić information content (AvgIpc) is 3.18. The maximum atomic E-state index is 13.4. The minimum Gasteiger partial charge on any atom is -0.354 e. The summed E-state index contributed by atoms with van der Waals surface area (Å²) in [5.74, 6) is -0.250. The number of carbonyl (C=O) groups is 1. The Hall–Kier alpha value is -3.22. The molecule has 8 heteroatoms. The maximum absolute atomic E-state index is 13.4. The van der Waals surface area contributed by atoms with Gasteiger partial charge in [-0.25, -0.2) is 0 Å². The first-order valence-corrected chi connectivity index (χ1v) is 12.7. The van der Waals surface area contributed by atoms with Crippen molar-refractivity contribution in [1.29, 1.82) is 0 Å². The number of fused-ring (bicyclic) bond motifs is 1. The van der Waals surface area contributed by atoms with Crippen molar-refractivity contribution < 1.29 is 18.4 Å². The van der Waals surface area contributed by atoms with Gasteiger partial charge in [0.1, 0.15) is 0 Å². The van der Waals surface area contributed by atoms with Crippen molar-refractivity contribution >= 4 is 41.5 Å². The largest absolute Gasteiger partial charge is 0.361 e. The van der Waals surface area contributed by atoms with Crippen LogP contribution >= 0.6 is 7.60 Å². The second-order valence-corrected chi connectivity index (χ2v) is 9.69. The molecule has 0 saturated carbocycles. The van der Waals surface area contributed by atoms with E-state index in [0.29, 0.717) is 34.4 Å². The first kappa shape index (κ1) is 23.9. The van der Waals surface area contributed by atoms with Crippen molar-refractivity contribution in [3.05, 3.63) is 89.5 Å². The Morgan fingerprint density at radius 3 is 2.26 bits per heavy atom. The standard InChI is InChI=1S/C26H28N3O4P/c1-3-32-34(31,33-4-2)21-14-15-23-22(16-21)24(26(30)29-23)25(19-8-6-5-7-9-19)28-20-12-10-18(17-27)11-13-20/h5-16,28H,3-4,17,27H2,1-2H3,(H,29,30)/b25-24-. The summed E-state index contributed by atoms with van der Waals surface area (Å²) in [4.78, 5) is 13.2. The maximum Gasteiger partial charge on any atom is 0.361 e. The fraction of sp³-hybridized carbons (Fsp3) is 0.192. The molecule has 0 aliphatic carbocycles. The summed E-state index contributed by atoms with van der Waals surface area (Å²) in [7, 11) is -3.52. The van der Waals surface area contributed by atoms with Crippen molar-refractivity contribution in [3.8, 4) is 0 Å². The molecular formula is C26H28N3O4P. The lowest BCUT2D eigenvalue weighted by Crippen LogP contribution is -2.12.